The molecule has 0 unspecified atom stereocenters. The number of halogens is 1. The third kappa shape index (κ3) is 4.26. The molecule has 25 heavy (non-hydrogen) atoms. The van der Waals surface area contributed by atoms with Gasteiger partial charge in [0.15, 0.2) is 11.0 Å². The van der Waals surface area contributed by atoms with Crippen molar-refractivity contribution in [1.82, 2.24) is 19.7 Å². The maximum absolute atomic E-state index is 13.5. The van der Waals surface area contributed by atoms with E-state index in [4.69, 9.17) is 4.74 Å². The molecule has 0 atom stereocenters. The molecule has 1 aliphatic rings. The summed E-state index contributed by atoms with van der Waals surface area (Å²) in [5.74, 6) is 0.551. The summed E-state index contributed by atoms with van der Waals surface area (Å²) in [5, 5.41) is 8.95. The van der Waals surface area contributed by atoms with Crippen LogP contribution in [0.4, 0.5) is 4.39 Å². The Morgan fingerprint density at radius 3 is 2.88 bits per heavy atom. The average molecular weight is 362 g/mol. The Morgan fingerprint density at radius 1 is 1.36 bits per heavy atom. The number of rotatable bonds is 6. The van der Waals surface area contributed by atoms with Gasteiger partial charge in [-0.1, -0.05) is 30.0 Å². The number of allylic oxidation sites excluding steroid dienone is 1. The molecule has 1 aromatic heterocycles. The highest BCUT2D eigenvalue weighted by Crippen LogP contribution is 2.25. The highest BCUT2D eigenvalue weighted by molar-refractivity contribution is 7.99. The van der Waals surface area contributed by atoms with Crippen LogP contribution >= 0.6 is 11.8 Å². The highest BCUT2D eigenvalue weighted by Gasteiger charge is 2.19. The van der Waals surface area contributed by atoms with E-state index in [1.54, 1.807) is 23.1 Å². The molecular formula is C17H19FN4O2S. The van der Waals surface area contributed by atoms with Gasteiger partial charge in [-0.3, -0.25) is 9.36 Å². The molecule has 0 aliphatic carbocycles. The Balaban J connectivity index is 1.75. The number of benzene rings is 1. The van der Waals surface area contributed by atoms with Gasteiger partial charge >= 0.3 is 0 Å². The smallest absolute Gasteiger partial charge is 0.233 e. The Bertz CT molecular complexity index is 759. The van der Waals surface area contributed by atoms with E-state index in [0.29, 0.717) is 49.4 Å². The molecule has 8 heteroatoms. The van der Waals surface area contributed by atoms with E-state index in [1.165, 1.54) is 23.9 Å². The van der Waals surface area contributed by atoms with E-state index in [0.717, 1.165) is 0 Å². The number of nitrogens with zero attached hydrogens (tertiary/aromatic N) is 4. The first-order valence-corrected chi connectivity index (χ1v) is 8.96. The normalized spacial score (nSPS) is 14.5. The lowest BCUT2D eigenvalue weighted by Gasteiger charge is -2.26. The Kier molecular flexibility index (Phi) is 5.83. The van der Waals surface area contributed by atoms with E-state index >= 15 is 0 Å². The van der Waals surface area contributed by atoms with Crippen molar-refractivity contribution in [2.75, 3.05) is 32.1 Å². The molecule has 3 rings (SSSR count). The van der Waals surface area contributed by atoms with Crippen LogP contribution < -0.4 is 0 Å². The Hall–Kier alpha value is -2.19. The van der Waals surface area contributed by atoms with Gasteiger partial charge in [0, 0.05) is 25.2 Å². The van der Waals surface area contributed by atoms with Crippen molar-refractivity contribution in [2.45, 2.75) is 11.7 Å². The molecular weight excluding hydrogens is 343 g/mol. The number of aromatic nitrogens is 3. The third-order valence-corrected chi connectivity index (χ3v) is 4.75. The molecule has 0 bridgehead atoms. The van der Waals surface area contributed by atoms with E-state index in [2.05, 4.69) is 16.8 Å². The lowest BCUT2D eigenvalue weighted by molar-refractivity contribution is -0.132. The van der Waals surface area contributed by atoms with E-state index in [1.807, 2.05) is 4.57 Å². The zero-order chi connectivity index (χ0) is 17.6. The van der Waals surface area contributed by atoms with E-state index in [9.17, 15) is 9.18 Å². The van der Waals surface area contributed by atoms with Crippen LogP contribution in [0, 0.1) is 5.82 Å². The van der Waals surface area contributed by atoms with Crippen molar-refractivity contribution in [3.63, 3.8) is 0 Å². The van der Waals surface area contributed by atoms with Crippen LogP contribution in [-0.2, 0) is 16.1 Å². The summed E-state index contributed by atoms with van der Waals surface area (Å²) in [4.78, 5) is 14.1. The summed E-state index contributed by atoms with van der Waals surface area (Å²) < 4.78 is 20.6. The van der Waals surface area contributed by atoms with Crippen molar-refractivity contribution < 1.29 is 13.9 Å². The van der Waals surface area contributed by atoms with Crippen molar-refractivity contribution in [1.29, 1.82) is 0 Å². The molecule has 0 N–H and O–H groups in total. The molecule has 2 heterocycles. The minimum atomic E-state index is -0.331. The number of amides is 1. The Labute approximate surface area is 149 Å². The molecule has 1 saturated heterocycles. The van der Waals surface area contributed by atoms with Gasteiger partial charge in [-0.15, -0.1) is 16.8 Å². The maximum Gasteiger partial charge on any atom is 0.233 e. The molecule has 1 amide bonds. The number of hydrogen-bond donors (Lipinski definition) is 0. The number of ether oxygens (including phenoxy) is 1. The highest BCUT2D eigenvalue weighted by atomic mass is 32.2. The van der Waals surface area contributed by atoms with Crippen molar-refractivity contribution in [3.8, 4) is 11.4 Å². The number of thioether (sulfide) groups is 1. The van der Waals surface area contributed by atoms with Gasteiger partial charge in [0.05, 0.1) is 19.0 Å². The van der Waals surface area contributed by atoms with Gasteiger partial charge in [-0.25, -0.2) is 4.39 Å². The van der Waals surface area contributed by atoms with Crippen LogP contribution in [0.2, 0.25) is 0 Å². The van der Waals surface area contributed by atoms with Gasteiger partial charge in [-0.05, 0) is 12.1 Å². The van der Waals surface area contributed by atoms with Gasteiger partial charge in [0.1, 0.15) is 5.82 Å². The van der Waals surface area contributed by atoms with Gasteiger partial charge in [0.25, 0.3) is 0 Å². The fourth-order valence-corrected chi connectivity index (χ4v) is 3.41. The number of carbonyl (C=O) groups excluding carboxylic acids is 1. The Morgan fingerprint density at radius 2 is 2.16 bits per heavy atom. The van der Waals surface area contributed by atoms with Crippen LogP contribution in [0.25, 0.3) is 11.4 Å². The first-order valence-electron chi connectivity index (χ1n) is 7.97. The fraction of sp³-hybridized carbons (Fsp3) is 0.353. The standard InChI is InChI=1S/C17H19FN4O2S/c1-2-6-22-16(13-4-3-5-14(18)11-13)19-20-17(22)25-12-15(23)21-7-9-24-10-8-21/h2-5,11H,1,6-10,12H2. The third-order valence-electron chi connectivity index (χ3n) is 3.80. The minimum Gasteiger partial charge on any atom is -0.378 e. The minimum absolute atomic E-state index is 0.0498. The quantitative estimate of drug-likeness (QED) is 0.583. The van der Waals surface area contributed by atoms with Crippen LogP contribution in [0.1, 0.15) is 0 Å². The molecule has 1 fully saturated rings. The predicted octanol–water partition coefficient (Wildman–Crippen LogP) is 2.22. The van der Waals surface area contributed by atoms with E-state index in [-0.39, 0.29) is 17.5 Å². The fourth-order valence-electron chi connectivity index (χ4n) is 2.56. The topological polar surface area (TPSA) is 60.2 Å². The SMILES string of the molecule is C=CCn1c(SCC(=O)N2CCOCC2)nnc1-c1cccc(F)c1. The van der Waals surface area contributed by atoms with Crippen molar-refractivity contribution in [2.24, 2.45) is 0 Å². The molecule has 6 nitrogen and oxygen atoms in total. The summed E-state index contributed by atoms with van der Waals surface area (Å²) in [6.45, 7) is 6.62. The van der Waals surface area contributed by atoms with E-state index < -0.39 is 0 Å². The van der Waals surface area contributed by atoms with Crippen LogP contribution in [0.3, 0.4) is 0 Å². The van der Waals surface area contributed by atoms with Gasteiger partial charge in [0.2, 0.25) is 5.91 Å². The number of carbonyl (C=O) groups is 1. The zero-order valence-corrected chi connectivity index (χ0v) is 14.5. The summed E-state index contributed by atoms with van der Waals surface area (Å²) in [6, 6.07) is 6.21. The van der Waals surface area contributed by atoms with Gasteiger partial charge < -0.3 is 9.64 Å². The van der Waals surface area contributed by atoms with Crippen molar-refractivity contribution >= 4 is 17.7 Å². The largest absolute Gasteiger partial charge is 0.378 e. The summed E-state index contributed by atoms with van der Waals surface area (Å²) >= 11 is 1.32. The first-order chi connectivity index (χ1) is 12.2. The molecule has 0 spiro atoms. The molecule has 0 saturated carbocycles. The summed E-state index contributed by atoms with van der Waals surface area (Å²) in [6.07, 6.45) is 1.72. The molecule has 0 radical (unpaired) electrons. The lowest BCUT2D eigenvalue weighted by atomic mass is 10.2. The average Bonchev–Trinajstić information content (AvgIpc) is 3.03. The zero-order valence-electron chi connectivity index (χ0n) is 13.7. The monoisotopic (exact) mass is 362 g/mol. The van der Waals surface area contributed by atoms with Crippen LogP contribution in [0.5, 0.6) is 0 Å². The lowest BCUT2D eigenvalue weighted by Crippen LogP contribution is -2.41. The maximum atomic E-state index is 13.5. The first kappa shape index (κ1) is 17.6. The molecule has 132 valence electrons. The predicted molar refractivity (Wildman–Crippen MR) is 93.7 cm³/mol. The molecule has 1 aliphatic heterocycles. The summed E-state index contributed by atoms with van der Waals surface area (Å²) in [5.41, 5.74) is 0.640. The molecule has 2 aromatic rings. The second-order valence-electron chi connectivity index (χ2n) is 5.50. The molecule has 1 aromatic carbocycles. The second kappa shape index (κ2) is 8.26. The van der Waals surface area contributed by atoms with Crippen LogP contribution in [0.15, 0.2) is 42.1 Å². The number of morpholine rings is 1. The second-order valence-corrected chi connectivity index (χ2v) is 6.44. The number of hydrogen-bond acceptors (Lipinski definition) is 5. The van der Waals surface area contributed by atoms with Crippen molar-refractivity contribution in [3.05, 3.63) is 42.7 Å². The van der Waals surface area contributed by atoms with Crippen LogP contribution in [-0.4, -0.2) is 57.6 Å². The van der Waals surface area contributed by atoms with Gasteiger partial charge in [-0.2, -0.15) is 0 Å². The summed E-state index contributed by atoms with van der Waals surface area (Å²) in [7, 11) is 0.